The highest BCUT2D eigenvalue weighted by Crippen LogP contribution is 2.27. The lowest BCUT2D eigenvalue weighted by Gasteiger charge is -2.24. The van der Waals surface area contributed by atoms with Gasteiger partial charge in [0.25, 0.3) is 10.0 Å². The van der Waals surface area contributed by atoms with Crippen LogP contribution >= 0.6 is 11.6 Å². The van der Waals surface area contributed by atoms with Gasteiger partial charge >= 0.3 is 5.76 Å². The lowest BCUT2D eigenvalue weighted by molar-refractivity contribution is 0.231. The summed E-state index contributed by atoms with van der Waals surface area (Å²) in [5.41, 5.74) is 0. The molecule has 90 valence electrons. The van der Waals surface area contributed by atoms with E-state index in [4.69, 9.17) is 11.6 Å². The molecule has 0 amide bonds. The molecule has 0 spiro atoms. The molecule has 1 N–H and O–H groups in total. The fourth-order valence-corrected chi connectivity index (χ4v) is 2.47. The maximum absolute atomic E-state index is 12.0. The van der Waals surface area contributed by atoms with E-state index in [-0.39, 0.29) is 17.8 Å². The molecule has 0 unspecified atom stereocenters. The van der Waals surface area contributed by atoms with Crippen molar-refractivity contribution in [2.24, 2.45) is 5.92 Å². The van der Waals surface area contributed by atoms with Gasteiger partial charge in [-0.3, -0.25) is 0 Å². The van der Waals surface area contributed by atoms with Gasteiger partial charge in [-0.2, -0.15) is 8.78 Å². The summed E-state index contributed by atoms with van der Waals surface area (Å²) in [5, 5.41) is 0.146. The van der Waals surface area contributed by atoms with Crippen LogP contribution in [0.2, 0.25) is 0 Å². The van der Waals surface area contributed by atoms with Crippen LogP contribution in [0.1, 0.15) is 25.7 Å². The van der Waals surface area contributed by atoms with E-state index in [1.807, 2.05) is 4.72 Å². The summed E-state index contributed by atoms with van der Waals surface area (Å²) in [4.78, 5) is 0. The first-order valence-electron chi connectivity index (χ1n) is 4.82. The Hall–Kier alpha value is 0.0600. The van der Waals surface area contributed by atoms with Crippen molar-refractivity contribution in [1.82, 2.24) is 4.72 Å². The molecule has 7 heteroatoms. The summed E-state index contributed by atoms with van der Waals surface area (Å²) < 4.78 is 47.3. The normalized spacial score (nSPS) is 28.3. The molecule has 1 rings (SSSR count). The first kappa shape index (κ1) is 13.1. The van der Waals surface area contributed by atoms with Crippen LogP contribution in [0.15, 0.2) is 0 Å². The lowest BCUT2D eigenvalue weighted by atomic mass is 9.89. The topological polar surface area (TPSA) is 46.2 Å². The summed E-state index contributed by atoms with van der Waals surface area (Å²) in [6.07, 6.45) is 3.23. The van der Waals surface area contributed by atoms with E-state index >= 15 is 0 Å². The Balaban J connectivity index is 2.32. The molecule has 0 radical (unpaired) electrons. The van der Waals surface area contributed by atoms with Gasteiger partial charge < -0.3 is 0 Å². The molecular weight excluding hydrogens is 248 g/mol. The monoisotopic (exact) mass is 261 g/mol. The van der Waals surface area contributed by atoms with Crippen LogP contribution in [0.5, 0.6) is 0 Å². The van der Waals surface area contributed by atoms with Crippen molar-refractivity contribution >= 4 is 21.6 Å². The van der Waals surface area contributed by atoms with Crippen LogP contribution in [0.3, 0.4) is 0 Å². The van der Waals surface area contributed by atoms with Crippen molar-refractivity contribution in [2.45, 2.75) is 36.8 Å². The maximum atomic E-state index is 12.0. The van der Waals surface area contributed by atoms with Crippen molar-refractivity contribution in [1.29, 1.82) is 0 Å². The van der Waals surface area contributed by atoms with Crippen LogP contribution in [0.4, 0.5) is 8.78 Å². The molecular formula is C8H14ClF2NO2S. The van der Waals surface area contributed by atoms with E-state index < -0.39 is 15.8 Å². The summed E-state index contributed by atoms with van der Waals surface area (Å²) in [6, 6.07) is 0. The predicted molar refractivity (Wildman–Crippen MR) is 54.5 cm³/mol. The van der Waals surface area contributed by atoms with Gasteiger partial charge in [-0.1, -0.05) is 0 Å². The Morgan fingerprint density at radius 3 is 2.27 bits per heavy atom. The summed E-state index contributed by atoms with van der Waals surface area (Å²) in [5.74, 6) is -3.21. The van der Waals surface area contributed by atoms with E-state index in [1.54, 1.807) is 0 Å². The molecule has 0 aromatic heterocycles. The zero-order valence-electron chi connectivity index (χ0n) is 8.13. The van der Waals surface area contributed by atoms with Gasteiger partial charge in [-0.15, -0.1) is 11.6 Å². The molecule has 1 aliphatic rings. The second kappa shape index (κ2) is 5.41. The number of sulfonamides is 1. The zero-order valence-corrected chi connectivity index (χ0v) is 9.70. The Bertz CT molecular complexity index is 289. The molecule has 0 atom stereocenters. The third-order valence-corrected chi connectivity index (χ3v) is 4.06. The molecule has 0 aromatic rings. The van der Waals surface area contributed by atoms with Crippen molar-refractivity contribution in [3.8, 4) is 0 Å². The van der Waals surface area contributed by atoms with Crippen molar-refractivity contribution in [3.05, 3.63) is 0 Å². The lowest BCUT2D eigenvalue weighted by Crippen LogP contribution is -2.34. The Morgan fingerprint density at radius 2 is 1.80 bits per heavy atom. The second-order valence-corrected chi connectivity index (χ2v) is 6.12. The van der Waals surface area contributed by atoms with Gasteiger partial charge in [0.2, 0.25) is 0 Å². The van der Waals surface area contributed by atoms with Crippen molar-refractivity contribution in [2.75, 3.05) is 6.54 Å². The quantitative estimate of drug-likeness (QED) is 0.786. The molecule has 0 heterocycles. The van der Waals surface area contributed by atoms with Crippen LogP contribution in [-0.2, 0) is 10.0 Å². The molecule has 15 heavy (non-hydrogen) atoms. The minimum atomic E-state index is -4.43. The van der Waals surface area contributed by atoms with Gasteiger partial charge in [0.1, 0.15) is 0 Å². The Morgan fingerprint density at radius 1 is 1.27 bits per heavy atom. The SMILES string of the molecule is O=S(=O)(NCC1CCC(Cl)CC1)C(F)F. The van der Waals surface area contributed by atoms with Gasteiger partial charge in [-0.05, 0) is 31.6 Å². The third-order valence-electron chi connectivity index (χ3n) is 2.58. The van der Waals surface area contributed by atoms with Crippen molar-refractivity contribution < 1.29 is 17.2 Å². The number of rotatable bonds is 4. The first-order valence-corrected chi connectivity index (χ1v) is 6.81. The van der Waals surface area contributed by atoms with Gasteiger partial charge in [-0.25, -0.2) is 13.1 Å². The minimum absolute atomic E-state index is 0.0935. The third kappa shape index (κ3) is 4.20. The van der Waals surface area contributed by atoms with Gasteiger partial charge in [0.05, 0.1) is 0 Å². The maximum Gasteiger partial charge on any atom is 0.350 e. The standard InChI is InChI=1S/C8H14ClF2NO2S/c9-7-3-1-6(2-4-7)5-12-15(13,14)8(10)11/h6-8,12H,1-5H2. The zero-order chi connectivity index (χ0) is 11.5. The number of hydrogen-bond donors (Lipinski definition) is 1. The molecule has 0 aromatic carbocycles. The molecule has 0 saturated heterocycles. The minimum Gasteiger partial charge on any atom is -0.210 e. The summed E-state index contributed by atoms with van der Waals surface area (Å²) >= 11 is 5.86. The number of hydrogen-bond acceptors (Lipinski definition) is 2. The molecule has 0 bridgehead atoms. The number of nitrogens with one attached hydrogen (secondary N) is 1. The Labute approximate surface area is 93.2 Å². The highest BCUT2D eigenvalue weighted by atomic mass is 35.5. The average Bonchev–Trinajstić information content (AvgIpc) is 2.17. The van der Waals surface area contributed by atoms with Gasteiger partial charge in [0, 0.05) is 11.9 Å². The fraction of sp³-hybridized carbons (Fsp3) is 1.00. The smallest absolute Gasteiger partial charge is 0.210 e. The van der Waals surface area contributed by atoms with E-state index in [0.29, 0.717) is 0 Å². The molecule has 1 fully saturated rings. The molecule has 0 aliphatic heterocycles. The van der Waals surface area contributed by atoms with E-state index in [2.05, 4.69) is 0 Å². The largest absolute Gasteiger partial charge is 0.350 e. The predicted octanol–water partition coefficient (Wildman–Crippen LogP) is 1.93. The van der Waals surface area contributed by atoms with Crippen molar-refractivity contribution in [3.63, 3.8) is 0 Å². The van der Waals surface area contributed by atoms with Crippen LogP contribution in [0.25, 0.3) is 0 Å². The van der Waals surface area contributed by atoms with Gasteiger partial charge in [0.15, 0.2) is 0 Å². The average molecular weight is 262 g/mol. The first-order chi connectivity index (χ1) is 6.92. The highest BCUT2D eigenvalue weighted by molar-refractivity contribution is 7.89. The molecule has 1 aliphatic carbocycles. The Kier molecular flexibility index (Phi) is 4.73. The molecule has 3 nitrogen and oxygen atoms in total. The van der Waals surface area contributed by atoms with Crippen LogP contribution in [-0.4, -0.2) is 26.1 Å². The summed E-state index contributed by atoms with van der Waals surface area (Å²) in [7, 11) is -4.43. The van der Waals surface area contributed by atoms with E-state index in [0.717, 1.165) is 25.7 Å². The second-order valence-electron chi connectivity index (χ2n) is 3.77. The van der Waals surface area contributed by atoms with Crippen LogP contribution < -0.4 is 4.72 Å². The number of alkyl halides is 3. The highest BCUT2D eigenvalue weighted by Gasteiger charge is 2.26. The molecule has 1 saturated carbocycles. The van der Waals surface area contributed by atoms with E-state index in [1.165, 1.54) is 0 Å². The fourth-order valence-electron chi connectivity index (χ4n) is 1.62. The van der Waals surface area contributed by atoms with E-state index in [9.17, 15) is 17.2 Å². The number of halogens is 3. The summed E-state index contributed by atoms with van der Waals surface area (Å²) in [6.45, 7) is 0.0935. The van der Waals surface area contributed by atoms with Crippen LogP contribution in [0, 0.1) is 5.92 Å².